The Balaban J connectivity index is 1.45. The number of nitrogens with one attached hydrogen (secondary N) is 1. The Morgan fingerprint density at radius 2 is 1.84 bits per heavy atom. The van der Waals surface area contributed by atoms with Gasteiger partial charge in [0.05, 0.1) is 18.6 Å². The normalized spacial score (nSPS) is 14.6. The summed E-state index contributed by atoms with van der Waals surface area (Å²) in [6.45, 7) is 2.93. The van der Waals surface area contributed by atoms with Gasteiger partial charge in [0, 0.05) is 13.1 Å². The van der Waals surface area contributed by atoms with E-state index in [1.807, 2.05) is 31.2 Å². The number of thioether (sulfide) groups is 1. The van der Waals surface area contributed by atoms with E-state index in [0.29, 0.717) is 27.3 Å². The molecule has 2 amide bonds. The summed E-state index contributed by atoms with van der Waals surface area (Å²) in [6.07, 6.45) is 1.78. The van der Waals surface area contributed by atoms with Gasteiger partial charge < -0.3 is 19.5 Å². The van der Waals surface area contributed by atoms with Gasteiger partial charge in [-0.15, -0.1) is 0 Å². The molecule has 0 saturated carbocycles. The van der Waals surface area contributed by atoms with E-state index in [-0.39, 0.29) is 31.5 Å². The van der Waals surface area contributed by atoms with Crippen LogP contribution in [0.15, 0.2) is 53.4 Å². The molecule has 0 spiro atoms. The van der Waals surface area contributed by atoms with Crippen molar-refractivity contribution in [2.24, 2.45) is 0 Å². The molecule has 2 aromatic rings. The van der Waals surface area contributed by atoms with Crippen molar-refractivity contribution in [3.8, 4) is 17.2 Å². The summed E-state index contributed by atoms with van der Waals surface area (Å²) in [7, 11) is 1.59. The maximum atomic E-state index is 12.7. The average molecular weight is 473 g/mol. The monoisotopic (exact) mass is 472 g/mol. The van der Waals surface area contributed by atoms with Gasteiger partial charge in [0.25, 0.3) is 11.8 Å². The summed E-state index contributed by atoms with van der Waals surface area (Å²) >= 11 is 6.58. The third kappa shape index (κ3) is 6.48. The molecular formula is C23H24N2O5S2. The zero-order valence-electron chi connectivity index (χ0n) is 17.8. The molecule has 0 aliphatic carbocycles. The number of hydrogen-bond donors (Lipinski definition) is 1. The molecule has 0 radical (unpaired) electrons. The minimum Gasteiger partial charge on any atom is -0.497 e. The molecule has 1 aliphatic heterocycles. The maximum absolute atomic E-state index is 12.7. The fraction of sp³-hybridized carbons (Fsp3) is 0.261. The molecule has 0 unspecified atom stereocenters. The molecule has 3 rings (SSSR count). The summed E-state index contributed by atoms with van der Waals surface area (Å²) in [5, 5.41) is 2.74. The van der Waals surface area contributed by atoms with Crippen LogP contribution in [0, 0.1) is 0 Å². The molecule has 1 aliphatic rings. The molecule has 7 nitrogen and oxygen atoms in total. The van der Waals surface area contributed by atoms with E-state index >= 15 is 0 Å². The van der Waals surface area contributed by atoms with Crippen molar-refractivity contribution >= 4 is 46.2 Å². The van der Waals surface area contributed by atoms with E-state index in [2.05, 4.69) is 5.32 Å². The Labute approximate surface area is 196 Å². The molecule has 0 bridgehead atoms. The van der Waals surface area contributed by atoms with Crippen LogP contribution < -0.4 is 19.5 Å². The van der Waals surface area contributed by atoms with E-state index in [4.69, 9.17) is 26.4 Å². The van der Waals surface area contributed by atoms with Crippen molar-refractivity contribution in [3.63, 3.8) is 0 Å². The molecule has 1 heterocycles. The second-order valence-corrected chi connectivity index (χ2v) is 8.33. The first kappa shape index (κ1) is 23.6. The first-order chi connectivity index (χ1) is 15.5. The smallest absolute Gasteiger partial charge is 0.266 e. The van der Waals surface area contributed by atoms with Crippen LogP contribution in [0.1, 0.15) is 12.5 Å². The summed E-state index contributed by atoms with van der Waals surface area (Å²) in [5.74, 6) is 1.57. The third-order valence-electron chi connectivity index (χ3n) is 4.43. The number of nitrogens with zero attached hydrogens (tertiary/aromatic N) is 1. The lowest BCUT2D eigenvalue weighted by Crippen LogP contribution is -2.38. The second-order valence-electron chi connectivity index (χ2n) is 6.65. The fourth-order valence-corrected chi connectivity index (χ4v) is 4.19. The first-order valence-electron chi connectivity index (χ1n) is 10.0. The number of benzene rings is 2. The number of thiocarbonyl (C=S) groups is 1. The zero-order chi connectivity index (χ0) is 22.9. The van der Waals surface area contributed by atoms with Crippen LogP contribution in [-0.4, -0.2) is 54.4 Å². The minimum atomic E-state index is -0.281. The maximum Gasteiger partial charge on any atom is 0.266 e. The highest BCUT2D eigenvalue weighted by Gasteiger charge is 2.31. The van der Waals surface area contributed by atoms with Gasteiger partial charge >= 0.3 is 0 Å². The van der Waals surface area contributed by atoms with Gasteiger partial charge in [-0.05, 0) is 55.0 Å². The van der Waals surface area contributed by atoms with Crippen molar-refractivity contribution in [1.29, 1.82) is 0 Å². The van der Waals surface area contributed by atoms with E-state index < -0.39 is 0 Å². The molecule has 9 heteroatoms. The first-order valence-corrected chi connectivity index (χ1v) is 11.2. The molecule has 168 valence electrons. The van der Waals surface area contributed by atoms with Crippen LogP contribution in [-0.2, 0) is 9.59 Å². The van der Waals surface area contributed by atoms with E-state index in [9.17, 15) is 9.59 Å². The number of hydrogen-bond acceptors (Lipinski definition) is 7. The van der Waals surface area contributed by atoms with Crippen LogP contribution in [0.5, 0.6) is 17.2 Å². The van der Waals surface area contributed by atoms with E-state index in [0.717, 1.165) is 11.3 Å². The lowest BCUT2D eigenvalue weighted by molar-refractivity contribution is -0.124. The topological polar surface area (TPSA) is 77.1 Å². The summed E-state index contributed by atoms with van der Waals surface area (Å²) in [6, 6.07) is 14.5. The molecule has 2 aromatic carbocycles. The van der Waals surface area contributed by atoms with Crippen LogP contribution >= 0.6 is 24.0 Å². The van der Waals surface area contributed by atoms with Crippen molar-refractivity contribution in [3.05, 3.63) is 59.0 Å². The van der Waals surface area contributed by atoms with E-state index in [1.54, 1.807) is 37.5 Å². The number of methoxy groups -OCH3 is 1. The molecule has 0 atom stereocenters. The zero-order valence-corrected chi connectivity index (χ0v) is 19.5. The lowest BCUT2D eigenvalue weighted by Gasteiger charge is -2.15. The van der Waals surface area contributed by atoms with Gasteiger partial charge in [0.15, 0.2) is 6.61 Å². The Kier molecular flexibility index (Phi) is 8.52. The third-order valence-corrected chi connectivity index (χ3v) is 5.81. The Hall–Kier alpha value is -3.04. The molecule has 1 N–H and O–H groups in total. The highest BCUT2D eigenvalue weighted by molar-refractivity contribution is 8.26. The summed E-state index contributed by atoms with van der Waals surface area (Å²) in [5.41, 5.74) is 0.851. The van der Waals surface area contributed by atoms with Crippen LogP contribution in [0.2, 0.25) is 0 Å². The molecule has 1 fully saturated rings. The minimum absolute atomic E-state index is 0.123. The standard InChI is InChI=1S/C23H24N2O5S2/c1-3-29-17-7-9-18(10-8-17)30-15-21(26)24-11-12-25-22(27)20(32-23(25)31)14-16-5-4-6-19(13-16)28-2/h4-10,13-14H,3,11-12,15H2,1-2H3,(H,24,26)/b20-14+. The number of ether oxygens (including phenoxy) is 3. The van der Waals surface area contributed by atoms with Gasteiger partial charge in [-0.2, -0.15) is 0 Å². The van der Waals surface area contributed by atoms with E-state index in [1.165, 1.54) is 16.7 Å². The van der Waals surface area contributed by atoms with Gasteiger partial charge in [0.2, 0.25) is 0 Å². The molecule has 0 aromatic heterocycles. The highest BCUT2D eigenvalue weighted by Crippen LogP contribution is 2.32. The Morgan fingerprint density at radius 3 is 2.53 bits per heavy atom. The lowest BCUT2D eigenvalue weighted by atomic mass is 10.2. The largest absolute Gasteiger partial charge is 0.497 e. The predicted octanol–water partition coefficient (Wildman–Crippen LogP) is 3.49. The van der Waals surface area contributed by atoms with Gasteiger partial charge in [-0.25, -0.2) is 0 Å². The predicted molar refractivity (Wildman–Crippen MR) is 129 cm³/mol. The van der Waals surface area contributed by atoms with Crippen LogP contribution in [0.3, 0.4) is 0 Å². The number of carbonyl (C=O) groups is 2. The van der Waals surface area contributed by atoms with Gasteiger partial charge in [0.1, 0.15) is 21.6 Å². The Bertz CT molecular complexity index is 1010. The molecule has 1 saturated heterocycles. The van der Waals surface area contributed by atoms with Crippen molar-refractivity contribution in [2.45, 2.75) is 6.92 Å². The van der Waals surface area contributed by atoms with Crippen molar-refractivity contribution < 1.29 is 23.8 Å². The van der Waals surface area contributed by atoms with Gasteiger partial charge in [-0.1, -0.05) is 36.1 Å². The quantitative estimate of drug-likeness (QED) is 0.419. The second kappa shape index (κ2) is 11.5. The number of rotatable bonds is 10. The summed E-state index contributed by atoms with van der Waals surface area (Å²) in [4.78, 5) is 26.8. The average Bonchev–Trinajstić information content (AvgIpc) is 3.06. The number of carbonyl (C=O) groups excluding carboxylic acids is 2. The van der Waals surface area contributed by atoms with Crippen molar-refractivity contribution in [2.75, 3.05) is 33.4 Å². The summed E-state index contributed by atoms with van der Waals surface area (Å²) < 4.78 is 16.5. The van der Waals surface area contributed by atoms with Crippen LogP contribution in [0.25, 0.3) is 6.08 Å². The van der Waals surface area contributed by atoms with Crippen LogP contribution in [0.4, 0.5) is 0 Å². The highest BCUT2D eigenvalue weighted by atomic mass is 32.2. The SMILES string of the molecule is CCOc1ccc(OCC(=O)NCCN2C(=O)/C(=C\c3cccc(OC)c3)SC2=S)cc1. The number of amides is 2. The van der Waals surface area contributed by atoms with Crippen molar-refractivity contribution in [1.82, 2.24) is 10.2 Å². The Morgan fingerprint density at radius 1 is 1.12 bits per heavy atom. The fourth-order valence-electron chi connectivity index (χ4n) is 2.88. The molecular weight excluding hydrogens is 448 g/mol. The molecule has 32 heavy (non-hydrogen) atoms. The van der Waals surface area contributed by atoms with Gasteiger partial charge in [-0.3, -0.25) is 14.5 Å².